The number of halogens is 1. The molecule has 2 aliphatic heterocycles. The van der Waals surface area contributed by atoms with Crippen molar-refractivity contribution in [2.45, 2.75) is 37.6 Å². The van der Waals surface area contributed by atoms with Crippen molar-refractivity contribution in [3.05, 3.63) is 59.2 Å². The van der Waals surface area contributed by atoms with Crippen molar-refractivity contribution >= 4 is 21.7 Å². The van der Waals surface area contributed by atoms with Crippen LogP contribution in [0, 0.1) is 12.7 Å². The first kappa shape index (κ1) is 23.6. The highest BCUT2D eigenvalue weighted by atomic mass is 32.2. The van der Waals surface area contributed by atoms with Gasteiger partial charge in [-0.1, -0.05) is 0 Å². The number of anilines is 1. The number of piperidine rings is 1. The highest BCUT2D eigenvalue weighted by Crippen LogP contribution is 2.30. The maximum atomic E-state index is 13.9. The van der Waals surface area contributed by atoms with E-state index in [0.717, 1.165) is 26.2 Å². The van der Waals surface area contributed by atoms with Crippen molar-refractivity contribution < 1.29 is 22.3 Å². The Balaban J connectivity index is 1.59. The zero-order valence-electron chi connectivity index (χ0n) is 18.8. The predicted molar refractivity (Wildman–Crippen MR) is 123 cm³/mol. The molecule has 1 aromatic heterocycles. The van der Waals surface area contributed by atoms with Crippen LogP contribution in [-0.2, 0) is 21.3 Å². The fourth-order valence-corrected chi connectivity index (χ4v) is 6.15. The minimum Gasteiger partial charge on any atom is -0.465 e. The summed E-state index contributed by atoms with van der Waals surface area (Å²) in [5.41, 5.74) is 1.53. The van der Waals surface area contributed by atoms with Crippen molar-refractivity contribution in [3.63, 3.8) is 0 Å². The lowest BCUT2D eigenvalue weighted by molar-refractivity contribution is 0.0600. The number of rotatable bonds is 7. The van der Waals surface area contributed by atoms with Crippen molar-refractivity contribution in [2.24, 2.45) is 0 Å². The van der Waals surface area contributed by atoms with E-state index in [9.17, 15) is 17.6 Å². The number of carbonyl (C=O) groups is 1. The summed E-state index contributed by atoms with van der Waals surface area (Å²) in [5.74, 6) is -0.903. The number of sulfonamides is 1. The van der Waals surface area contributed by atoms with Crippen LogP contribution in [0.1, 0.15) is 34.5 Å². The Morgan fingerprint density at radius 3 is 2.52 bits per heavy atom. The number of methoxy groups -OCH3 is 1. The molecule has 0 spiro atoms. The van der Waals surface area contributed by atoms with Crippen LogP contribution >= 0.6 is 0 Å². The van der Waals surface area contributed by atoms with Crippen LogP contribution in [0.4, 0.5) is 10.1 Å². The van der Waals surface area contributed by atoms with Gasteiger partial charge in [0, 0.05) is 25.3 Å². The van der Waals surface area contributed by atoms with E-state index in [4.69, 9.17) is 4.74 Å². The molecule has 0 aliphatic carbocycles. The van der Waals surface area contributed by atoms with Crippen LogP contribution in [-0.4, -0.2) is 68.9 Å². The largest absolute Gasteiger partial charge is 0.465 e. The van der Waals surface area contributed by atoms with E-state index in [0.29, 0.717) is 35.8 Å². The van der Waals surface area contributed by atoms with Gasteiger partial charge < -0.3 is 10.1 Å². The molecule has 33 heavy (non-hydrogen) atoms. The van der Waals surface area contributed by atoms with Crippen molar-refractivity contribution in [3.8, 4) is 0 Å². The Bertz CT molecular complexity index is 1100. The fraction of sp³-hybridized carbons (Fsp3) is 0.478. The van der Waals surface area contributed by atoms with E-state index < -0.39 is 21.2 Å². The quantitative estimate of drug-likeness (QED) is 0.612. The molecule has 10 heteroatoms. The first-order chi connectivity index (χ1) is 15.8. The number of benzene rings is 1. The second-order valence-corrected chi connectivity index (χ2v) is 10.7. The molecule has 0 bridgehead atoms. The average Bonchev–Trinajstić information content (AvgIpc) is 2.78. The molecule has 3 heterocycles. The van der Waals surface area contributed by atoms with Gasteiger partial charge in [0.1, 0.15) is 5.82 Å². The normalized spacial score (nSPS) is 18.0. The summed E-state index contributed by atoms with van der Waals surface area (Å²) in [6, 6.07) is 7.97. The number of aryl methyl sites for hydroxylation is 1. The molecular weight excluding hydrogens is 447 g/mol. The van der Waals surface area contributed by atoms with E-state index in [2.05, 4.69) is 15.2 Å². The summed E-state index contributed by atoms with van der Waals surface area (Å²) in [7, 11) is -2.45. The molecule has 0 saturated carbocycles. The van der Waals surface area contributed by atoms with Gasteiger partial charge in [0.15, 0.2) is 0 Å². The van der Waals surface area contributed by atoms with Crippen LogP contribution < -0.4 is 9.62 Å². The van der Waals surface area contributed by atoms with Gasteiger partial charge in [0.2, 0.25) is 10.0 Å². The van der Waals surface area contributed by atoms with E-state index in [1.807, 2.05) is 0 Å². The third-order valence-electron chi connectivity index (χ3n) is 6.46. The Hall–Kier alpha value is -2.56. The smallest absolute Gasteiger partial charge is 0.339 e. The van der Waals surface area contributed by atoms with E-state index in [1.54, 1.807) is 25.1 Å². The lowest BCUT2D eigenvalue weighted by atomic mass is 10.0. The Labute approximate surface area is 193 Å². The molecule has 0 amide bonds. The number of hydrogen-bond acceptors (Lipinski definition) is 7. The molecule has 2 aliphatic rings. The minimum atomic E-state index is -3.74. The third kappa shape index (κ3) is 5.02. The van der Waals surface area contributed by atoms with Gasteiger partial charge in [-0.2, -0.15) is 0 Å². The van der Waals surface area contributed by atoms with Gasteiger partial charge in [0.25, 0.3) is 0 Å². The summed E-state index contributed by atoms with van der Waals surface area (Å²) < 4.78 is 47.5. The third-order valence-corrected chi connectivity index (χ3v) is 8.73. The average molecular weight is 477 g/mol. The number of carbonyl (C=O) groups excluding carboxylic acids is 1. The van der Waals surface area contributed by atoms with E-state index >= 15 is 0 Å². The molecule has 1 aromatic carbocycles. The molecular formula is C23H29FN4O4S. The van der Waals surface area contributed by atoms with Gasteiger partial charge in [0.05, 0.1) is 35.8 Å². The fourth-order valence-electron chi connectivity index (χ4n) is 4.27. The van der Waals surface area contributed by atoms with Crippen LogP contribution in [0.15, 0.2) is 36.5 Å². The molecule has 178 valence electrons. The number of pyridine rings is 1. The van der Waals surface area contributed by atoms with Crippen LogP contribution in [0.2, 0.25) is 0 Å². The summed E-state index contributed by atoms with van der Waals surface area (Å²) in [6.07, 6.45) is 2.46. The lowest BCUT2D eigenvalue weighted by Gasteiger charge is -2.42. The second-order valence-electron chi connectivity index (χ2n) is 8.56. The van der Waals surface area contributed by atoms with Gasteiger partial charge in [-0.3, -0.25) is 14.2 Å². The van der Waals surface area contributed by atoms with Gasteiger partial charge >= 0.3 is 5.97 Å². The molecule has 0 radical (unpaired) electrons. The molecule has 0 unspecified atom stereocenters. The highest BCUT2D eigenvalue weighted by Gasteiger charge is 2.37. The van der Waals surface area contributed by atoms with Crippen molar-refractivity contribution in [1.82, 2.24) is 15.2 Å². The zero-order chi connectivity index (χ0) is 23.6. The van der Waals surface area contributed by atoms with Gasteiger partial charge in [-0.15, -0.1) is 0 Å². The van der Waals surface area contributed by atoms with Gasteiger partial charge in [-0.25, -0.2) is 17.6 Å². The topological polar surface area (TPSA) is 91.8 Å². The zero-order valence-corrected chi connectivity index (χ0v) is 19.6. The summed E-state index contributed by atoms with van der Waals surface area (Å²) >= 11 is 0. The number of nitrogens with one attached hydrogen (secondary N) is 1. The molecule has 2 aromatic rings. The molecule has 4 rings (SSSR count). The number of aromatic nitrogens is 1. The maximum Gasteiger partial charge on any atom is 0.339 e. The van der Waals surface area contributed by atoms with Crippen LogP contribution in [0.5, 0.6) is 0 Å². The SMILES string of the molecule is COC(=O)c1ccc(CN(c2ccc(F)c(C)c2)S(=O)(=O)C2CCN(C3CNC3)CC2)nc1. The Morgan fingerprint density at radius 2 is 1.97 bits per heavy atom. The molecule has 2 fully saturated rings. The number of hydrogen-bond donors (Lipinski definition) is 1. The van der Waals surface area contributed by atoms with E-state index in [1.165, 1.54) is 29.7 Å². The van der Waals surface area contributed by atoms with Crippen molar-refractivity contribution in [2.75, 3.05) is 37.6 Å². The van der Waals surface area contributed by atoms with Crippen LogP contribution in [0.25, 0.3) is 0 Å². The van der Waals surface area contributed by atoms with Crippen molar-refractivity contribution in [1.29, 1.82) is 0 Å². The molecule has 0 atom stereocenters. The second kappa shape index (κ2) is 9.74. The number of esters is 1. The number of ether oxygens (including phenoxy) is 1. The first-order valence-electron chi connectivity index (χ1n) is 11.1. The van der Waals surface area contributed by atoms with Crippen LogP contribution in [0.3, 0.4) is 0 Å². The monoisotopic (exact) mass is 476 g/mol. The van der Waals surface area contributed by atoms with E-state index in [-0.39, 0.29) is 17.9 Å². The summed E-state index contributed by atoms with van der Waals surface area (Å²) in [4.78, 5) is 18.3. The number of nitrogens with zero attached hydrogens (tertiary/aromatic N) is 3. The summed E-state index contributed by atoms with van der Waals surface area (Å²) in [6.45, 7) is 4.97. The minimum absolute atomic E-state index is 0.0123. The lowest BCUT2D eigenvalue weighted by Crippen LogP contribution is -2.59. The first-order valence-corrected chi connectivity index (χ1v) is 12.6. The highest BCUT2D eigenvalue weighted by molar-refractivity contribution is 7.93. The standard InChI is InChI=1S/C23H29FN4O4S/c1-16-11-19(5-6-22(16)24)28(15-18-4-3-17(12-26-18)23(29)32-2)33(30,31)21-7-9-27(10-8-21)20-13-25-14-20/h3-6,11-12,20-21,25H,7-10,13-15H2,1-2H3. The number of likely N-dealkylation sites (tertiary alicyclic amines) is 1. The predicted octanol–water partition coefficient (Wildman–Crippen LogP) is 2.09. The van der Waals surface area contributed by atoms with Gasteiger partial charge in [-0.05, 0) is 68.8 Å². The Kier molecular flexibility index (Phi) is 6.96. The molecule has 8 nitrogen and oxygen atoms in total. The molecule has 2 saturated heterocycles. The molecule has 1 N–H and O–H groups in total. The Morgan fingerprint density at radius 1 is 1.24 bits per heavy atom. The maximum absolute atomic E-state index is 13.9. The summed E-state index contributed by atoms with van der Waals surface area (Å²) in [5, 5.41) is 2.73.